The predicted molar refractivity (Wildman–Crippen MR) is 114 cm³/mol. The van der Waals surface area contributed by atoms with Crippen LogP contribution >= 0.6 is 11.3 Å². The lowest BCUT2D eigenvalue weighted by Crippen LogP contribution is -2.38. The van der Waals surface area contributed by atoms with Crippen LogP contribution < -0.4 is 5.32 Å². The fourth-order valence-corrected chi connectivity index (χ4v) is 4.00. The second-order valence-corrected chi connectivity index (χ2v) is 7.94. The Bertz CT molecular complexity index is 1000. The first-order chi connectivity index (χ1) is 14.2. The summed E-state index contributed by atoms with van der Waals surface area (Å²) >= 11 is 1.58. The zero-order chi connectivity index (χ0) is 20.1. The van der Waals surface area contributed by atoms with Crippen molar-refractivity contribution in [2.45, 2.75) is 25.7 Å². The molecule has 1 fully saturated rings. The number of carbonyl (C=O) groups excluding carboxylic acids is 1. The smallest absolute Gasteiger partial charge is 0.246 e. The van der Waals surface area contributed by atoms with Crippen LogP contribution in [0.2, 0.25) is 0 Å². The van der Waals surface area contributed by atoms with Gasteiger partial charge in [-0.05, 0) is 38.0 Å². The molecule has 0 saturated carbocycles. The van der Waals surface area contributed by atoms with Gasteiger partial charge in [0.15, 0.2) is 5.82 Å². The van der Waals surface area contributed by atoms with E-state index in [1.54, 1.807) is 42.1 Å². The van der Waals surface area contributed by atoms with E-state index in [1.807, 2.05) is 35.4 Å². The fourth-order valence-electron chi connectivity index (χ4n) is 3.42. The molecule has 4 rings (SSSR count). The monoisotopic (exact) mass is 406 g/mol. The predicted octanol–water partition coefficient (Wildman–Crippen LogP) is 3.80. The summed E-state index contributed by atoms with van der Waals surface area (Å²) in [5.41, 5.74) is 1.69. The number of hydrogen-bond donors (Lipinski definition) is 1. The van der Waals surface area contributed by atoms with Crippen LogP contribution in [0.4, 0.5) is 11.6 Å². The van der Waals surface area contributed by atoms with Gasteiger partial charge in [-0.25, -0.2) is 15.0 Å². The molecule has 0 aliphatic carbocycles. The maximum Gasteiger partial charge on any atom is 0.246 e. The third-order valence-electron chi connectivity index (χ3n) is 4.79. The maximum absolute atomic E-state index is 12.7. The van der Waals surface area contributed by atoms with Gasteiger partial charge in [0.2, 0.25) is 5.91 Å². The normalized spacial score (nSPS) is 16.9. The molecule has 29 heavy (non-hydrogen) atoms. The van der Waals surface area contributed by atoms with Gasteiger partial charge in [0, 0.05) is 49.1 Å². The molecule has 3 aromatic rings. The van der Waals surface area contributed by atoms with Crippen molar-refractivity contribution >= 4 is 35.0 Å². The molecule has 1 amide bonds. The number of amides is 1. The molecular weight excluding hydrogens is 384 g/mol. The van der Waals surface area contributed by atoms with Crippen LogP contribution in [0.25, 0.3) is 6.08 Å². The van der Waals surface area contributed by atoms with Crippen molar-refractivity contribution in [3.8, 4) is 0 Å². The van der Waals surface area contributed by atoms with Crippen LogP contribution in [-0.4, -0.2) is 43.8 Å². The summed E-state index contributed by atoms with van der Waals surface area (Å²) in [6.07, 6.45) is 10.4. The number of anilines is 2. The van der Waals surface area contributed by atoms with Crippen molar-refractivity contribution in [1.82, 2.24) is 24.8 Å². The Labute approximate surface area is 173 Å². The van der Waals surface area contributed by atoms with E-state index in [0.717, 1.165) is 41.6 Å². The molecule has 148 valence electrons. The van der Waals surface area contributed by atoms with Crippen LogP contribution in [-0.2, 0) is 4.79 Å². The summed E-state index contributed by atoms with van der Waals surface area (Å²) in [5, 5.41) is 6.20. The fraction of sp³-hybridized carbons (Fsp3) is 0.286. The molecule has 7 nitrogen and oxygen atoms in total. The Kier molecular flexibility index (Phi) is 5.90. The number of nitrogens with zero attached hydrogens (tertiary/aromatic N) is 5. The molecule has 1 saturated heterocycles. The number of hydrogen-bond acceptors (Lipinski definition) is 7. The molecule has 0 aromatic carbocycles. The van der Waals surface area contributed by atoms with Crippen LogP contribution in [0.3, 0.4) is 0 Å². The summed E-state index contributed by atoms with van der Waals surface area (Å²) in [4.78, 5) is 32.3. The lowest BCUT2D eigenvalue weighted by Gasteiger charge is -2.32. The van der Waals surface area contributed by atoms with Crippen molar-refractivity contribution < 1.29 is 4.79 Å². The minimum atomic E-state index is 0.00322. The number of likely N-dealkylation sites (tertiary alicyclic amines) is 1. The minimum Gasteiger partial charge on any atom is -0.338 e. The Hall–Kier alpha value is -3.13. The highest BCUT2D eigenvalue weighted by molar-refractivity contribution is 7.09. The Balaban J connectivity index is 1.47. The summed E-state index contributed by atoms with van der Waals surface area (Å²) in [6, 6.07) is 5.68. The van der Waals surface area contributed by atoms with Gasteiger partial charge < -0.3 is 10.2 Å². The van der Waals surface area contributed by atoms with Crippen molar-refractivity contribution in [2.75, 3.05) is 18.4 Å². The van der Waals surface area contributed by atoms with Gasteiger partial charge in [-0.1, -0.05) is 6.07 Å². The van der Waals surface area contributed by atoms with Crippen LogP contribution in [0.15, 0.2) is 48.2 Å². The SMILES string of the molecule is Cc1nc(/C=C/C(=O)N2CCCC(c3nccnc3Nc3ccccn3)C2)cs1. The summed E-state index contributed by atoms with van der Waals surface area (Å²) < 4.78 is 0. The van der Waals surface area contributed by atoms with Crippen molar-refractivity contribution in [1.29, 1.82) is 0 Å². The van der Waals surface area contributed by atoms with Gasteiger partial charge in [0.25, 0.3) is 0 Å². The minimum absolute atomic E-state index is 0.00322. The Morgan fingerprint density at radius 3 is 2.93 bits per heavy atom. The first kappa shape index (κ1) is 19.2. The van der Waals surface area contributed by atoms with Gasteiger partial charge in [0.05, 0.1) is 16.4 Å². The van der Waals surface area contributed by atoms with Crippen LogP contribution in [0.5, 0.6) is 0 Å². The van der Waals surface area contributed by atoms with Gasteiger partial charge in [0.1, 0.15) is 5.82 Å². The number of aromatic nitrogens is 4. The number of piperidine rings is 1. The van der Waals surface area contributed by atoms with Crippen molar-refractivity contribution in [3.05, 3.63) is 64.6 Å². The van der Waals surface area contributed by atoms with Crippen LogP contribution in [0.1, 0.15) is 35.2 Å². The molecule has 1 unspecified atom stereocenters. The lowest BCUT2D eigenvalue weighted by molar-refractivity contribution is -0.127. The zero-order valence-corrected chi connectivity index (χ0v) is 17.0. The molecule has 1 atom stereocenters. The van der Waals surface area contributed by atoms with E-state index in [2.05, 4.69) is 25.3 Å². The van der Waals surface area contributed by atoms with Crippen LogP contribution in [0, 0.1) is 6.92 Å². The van der Waals surface area contributed by atoms with E-state index in [-0.39, 0.29) is 11.8 Å². The van der Waals surface area contributed by atoms with E-state index in [9.17, 15) is 4.79 Å². The first-order valence-corrected chi connectivity index (χ1v) is 10.4. The van der Waals surface area contributed by atoms with E-state index in [0.29, 0.717) is 12.4 Å². The molecule has 1 aliphatic rings. The first-order valence-electron chi connectivity index (χ1n) is 9.57. The quantitative estimate of drug-likeness (QED) is 0.649. The number of rotatable bonds is 5. The molecule has 1 aliphatic heterocycles. The standard InChI is InChI=1S/C21H22N6OS/c1-15-25-17(14-29-15)7-8-19(28)27-12-4-5-16(13-27)20-21(24-11-10-23-20)26-18-6-2-3-9-22-18/h2-3,6-11,14,16H,4-5,12-13H2,1H3,(H,22,24,26)/b8-7+. The number of aryl methyl sites for hydroxylation is 1. The highest BCUT2D eigenvalue weighted by Gasteiger charge is 2.27. The van der Waals surface area contributed by atoms with Gasteiger partial charge in [-0.15, -0.1) is 11.3 Å². The average molecular weight is 407 g/mol. The summed E-state index contributed by atoms with van der Waals surface area (Å²) in [5.74, 6) is 1.55. The molecule has 0 spiro atoms. The van der Waals surface area contributed by atoms with Gasteiger partial charge in [-0.2, -0.15) is 0 Å². The Morgan fingerprint density at radius 2 is 2.14 bits per heavy atom. The van der Waals surface area contributed by atoms with Crippen molar-refractivity contribution in [3.63, 3.8) is 0 Å². The second-order valence-electron chi connectivity index (χ2n) is 6.88. The van der Waals surface area contributed by atoms with Crippen molar-refractivity contribution in [2.24, 2.45) is 0 Å². The molecule has 8 heteroatoms. The Morgan fingerprint density at radius 1 is 1.24 bits per heavy atom. The second kappa shape index (κ2) is 8.91. The molecule has 0 radical (unpaired) electrons. The topological polar surface area (TPSA) is 83.9 Å². The maximum atomic E-state index is 12.7. The number of carbonyl (C=O) groups is 1. The summed E-state index contributed by atoms with van der Waals surface area (Å²) in [7, 11) is 0. The molecule has 3 aromatic heterocycles. The molecular formula is C21H22N6OS. The van der Waals surface area contributed by atoms with E-state index in [1.165, 1.54) is 0 Å². The molecule has 0 bridgehead atoms. The third kappa shape index (κ3) is 4.83. The third-order valence-corrected chi connectivity index (χ3v) is 5.58. The van der Waals surface area contributed by atoms with E-state index < -0.39 is 0 Å². The van der Waals surface area contributed by atoms with E-state index >= 15 is 0 Å². The highest BCUT2D eigenvalue weighted by Crippen LogP contribution is 2.30. The number of nitrogens with one attached hydrogen (secondary N) is 1. The number of thiazole rings is 1. The lowest BCUT2D eigenvalue weighted by atomic mass is 9.94. The van der Waals surface area contributed by atoms with Gasteiger partial charge >= 0.3 is 0 Å². The van der Waals surface area contributed by atoms with E-state index in [4.69, 9.17) is 0 Å². The largest absolute Gasteiger partial charge is 0.338 e. The van der Waals surface area contributed by atoms with Gasteiger partial charge in [-0.3, -0.25) is 9.78 Å². The molecule has 1 N–H and O–H groups in total. The zero-order valence-electron chi connectivity index (χ0n) is 16.2. The number of pyridine rings is 1. The molecule has 4 heterocycles. The summed E-state index contributed by atoms with van der Waals surface area (Å²) in [6.45, 7) is 3.32. The average Bonchev–Trinajstić information content (AvgIpc) is 3.18. The highest BCUT2D eigenvalue weighted by atomic mass is 32.1.